The van der Waals surface area contributed by atoms with Crippen LogP contribution in [-0.4, -0.2) is 8.96 Å². The van der Waals surface area contributed by atoms with Crippen molar-refractivity contribution in [2.75, 3.05) is 0 Å². The number of halogens is 1. The minimum Gasteiger partial charge on any atom is -0.251 e. The topological polar surface area (TPSA) is 43.1 Å². The highest BCUT2D eigenvalue weighted by Gasteiger charge is 2.42. The molecule has 4 heteroatoms. The van der Waals surface area contributed by atoms with Crippen LogP contribution in [0.5, 0.6) is 0 Å². The number of hydrogen-bond acceptors (Lipinski definition) is 1. The molecule has 1 aromatic carbocycles. The molecule has 1 unspecified atom stereocenters. The van der Waals surface area contributed by atoms with Crippen molar-refractivity contribution in [3.63, 3.8) is 0 Å². The van der Waals surface area contributed by atoms with Gasteiger partial charge in [0.2, 0.25) is 0 Å². The van der Waals surface area contributed by atoms with E-state index in [1.165, 1.54) is 11.1 Å². The average molecular weight is 342 g/mol. The largest absolute Gasteiger partial charge is 0.251 e. The highest BCUT2D eigenvalue weighted by Crippen LogP contribution is 2.46. The van der Waals surface area contributed by atoms with Gasteiger partial charge in [-0.3, -0.25) is 5.14 Å². The lowest BCUT2D eigenvalue weighted by molar-refractivity contribution is 0.425. The van der Waals surface area contributed by atoms with Gasteiger partial charge in [-0.15, -0.1) is 6.58 Å². The van der Waals surface area contributed by atoms with Crippen LogP contribution in [0.15, 0.2) is 35.3 Å². The minimum absolute atomic E-state index is 0.103. The van der Waals surface area contributed by atoms with Gasteiger partial charge in [0.25, 0.3) is 0 Å². The summed E-state index contributed by atoms with van der Waals surface area (Å²) in [7, 11) is -1.34. The fourth-order valence-electron chi connectivity index (χ4n) is 3.05. The summed E-state index contributed by atoms with van der Waals surface area (Å²) in [6.45, 7) is 7.96. The summed E-state index contributed by atoms with van der Waals surface area (Å²) in [5.74, 6) is 0. The zero-order valence-electron chi connectivity index (χ0n) is 11.4. The second kappa shape index (κ2) is 5.15. The Kier molecular flexibility index (Phi) is 4.05. The van der Waals surface area contributed by atoms with Crippen LogP contribution in [0.2, 0.25) is 0 Å². The maximum Gasteiger partial charge on any atom is 0.0946 e. The molecule has 19 heavy (non-hydrogen) atoms. The Balaban J connectivity index is 2.43. The maximum absolute atomic E-state index is 11.7. The van der Waals surface area contributed by atoms with E-state index in [9.17, 15) is 4.21 Å². The fraction of sp³-hybridized carbons (Fsp3) is 0.467. The second-order valence-electron chi connectivity index (χ2n) is 5.90. The van der Waals surface area contributed by atoms with Crippen molar-refractivity contribution in [3.05, 3.63) is 46.5 Å². The molecule has 2 N–H and O–H groups in total. The predicted molar refractivity (Wildman–Crippen MR) is 85.4 cm³/mol. The van der Waals surface area contributed by atoms with E-state index in [-0.39, 0.29) is 5.41 Å². The Hall–Kier alpha value is -0.450. The van der Waals surface area contributed by atoms with Crippen molar-refractivity contribution < 1.29 is 4.21 Å². The van der Waals surface area contributed by atoms with E-state index in [0.717, 1.165) is 23.7 Å². The first kappa shape index (κ1) is 14.9. The Bertz CT molecular complexity index is 541. The molecule has 0 heterocycles. The van der Waals surface area contributed by atoms with E-state index >= 15 is 0 Å². The third-order valence-electron chi connectivity index (χ3n) is 4.12. The number of aryl methyl sites for hydroxylation is 1. The molecule has 0 fully saturated rings. The summed E-state index contributed by atoms with van der Waals surface area (Å²) in [4.78, 5) is 0. The van der Waals surface area contributed by atoms with Crippen LogP contribution in [-0.2, 0) is 22.8 Å². The zero-order chi connectivity index (χ0) is 14.3. The number of benzene rings is 1. The van der Waals surface area contributed by atoms with Gasteiger partial charge in [-0.05, 0) is 56.4 Å². The molecule has 2 rings (SSSR count). The lowest BCUT2D eigenvalue weighted by atomic mass is 9.75. The second-order valence-corrected chi connectivity index (χ2v) is 8.51. The summed E-state index contributed by atoms with van der Waals surface area (Å²) in [6.07, 6.45) is 4.83. The summed E-state index contributed by atoms with van der Waals surface area (Å²) in [5, 5.41) is 5.64. The van der Waals surface area contributed by atoms with Crippen LogP contribution in [0.25, 0.3) is 0 Å². The molecule has 1 aliphatic rings. The third kappa shape index (κ3) is 2.71. The number of rotatable bonds is 4. The quantitative estimate of drug-likeness (QED) is 0.835. The number of allylic oxidation sites excluding steroid dienone is 1. The Morgan fingerprint density at radius 2 is 2.26 bits per heavy atom. The monoisotopic (exact) mass is 341 g/mol. The molecule has 0 amide bonds. The molecule has 1 aliphatic carbocycles. The molecule has 0 saturated carbocycles. The summed E-state index contributed by atoms with van der Waals surface area (Å²) >= 11 is 3.51. The maximum atomic E-state index is 11.7. The van der Waals surface area contributed by atoms with E-state index in [1.54, 1.807) is 0 Å². The van der Waals surface area contributed by atoms with Crippen LogP contribution < -0.4 is 5.14 Å². The van der Waals surface area contributed by atoms with E-state index in [4.69, 9.17) is 5.14 Å². The van der Waals surface area contributed by atoms with Crippen molar-refractivity contribution in [2.45, 2.75) is 43.3 Å². The van der Waals surface area contributed by atoms with Crippen molar-refractivity contribution in [1.29, 1.82) is 0 Å². The Morgan fingerprint density at radius 1 is 1.58 bits per heavy atom. The molecule has 0 radical (unpaired) electrons. The fourth-order valence-corrected chi connectivity index (χ4v) is 3.85. The predicted octanol–water partition coefficient (Wildman–Crippen LogP) is 3.61. The van der Waals surface area contributed by atoms with Gasteiger partial charge in [-0.2, -0.15) is 0 Å². The molecule has 0 bridgehead atoms. The summed E-state index contributed by atoms with van der Waals surface area (Å²) in [6, 6.07) is 6.39. The average Bonchev–Trinajstić information content (AvgIpc) is 2.67. The van der Waals surface area contributed by atoms with Gasteiger partial charge >= 0.3 is 0 Å². The van der Waals surface area contributed by atoms with Gasteiger partial charge in [0, 0.05) is 9.89 Å². The Morgan fingerprint density at radius 3 is 2.84 bits per heavy atom. The lowest BCUT2D eigenvalue weighted by Gasteiger charge is -2.34. The van der Waals surface area contributed by atoms with Crippen molar-refractivity contribution >= 4 is 26.9 Å². The zero-order valence-corrected chi connectivity index (χ0v) is 13.8. The third-order valence-corrected chi connectivity index (χ3v) is 5.85. The van der Waals surface area contributed by atoms with Crippen LogP contribution in [0.3, 0.4) is 0 Å². The van der Waals surface area contributed by atoms with Crippen molar-refractivity contribution in [2.24, 2.45) is 5.14 Å². The highest BCUT2D eigenvalue weighted by atomic mass is 79.9. The van der Waals surface area contributed by atoms with Crippen molar-refractivity contribution in [1.82, 2.24) is 0 Å². The van der Waals surface area contributed by atoms with Crippen LogP contribution in [0.1, 0.15) is 37.8 Å². The molecule has 0 saturated heterocycles. The number of fused-ring (bicyclic) bond motifs is 1. The highest BCUT2D eigenvalue weighted by molar-refractivity contribution is 9.10. The number of hydrogen-bond donors (Lipinski definition) is 1. The van der Waals surface area contributed by atoms with E-state index in [2.05, 4.69) is 40.7 Å². The summed E-state index contributed by atoms with van der Waals surface area (Å²) < 4.78 is 12.4. The molecule has 104 valence electrons. The normalized spacial score (nSPS) is 24.0. The van der Waals surface area contributed by atoms with Crippen LogP contribution >= 0.6 is 15.9 Å². The van der Waals surface area contributed by atoms with Gasteiger partial charge < -0.3 is 0 Å². The summed E-state index contributed by atoms with van der Waals surface area (Å²) in [5.41, 5.74) is 2.56. The van der Waals surface area contributed by atoms with Crippen LogP contribution in [0, 0.1) is 0 Å². The molecule has 0 aromatic heterocycles. The molecule has 0 spiro atoms. The smallest absolute Gasteiger partial charge is 0.0946 e. The van der Waals surface area contributed by atoms with E-state index in [0.29, 0.717) is 0 Å². The molecular formula is C15H20BrNOS. The first-order chi connectivity index (χ1) is 8.81. The molecule has 0 aliphatic heterocycles. The molecule has 2 atom stereocenters. The first-order valence-electron chi connectivity index (χ1n) is 6.39. The minimum atomic E-state index is -1.34. The van der Waals surface area contributed by atoms with Crippen LogP contribution in [0.4, 0.5) is 0 Å². The Labute approximate surface area is 126 Å². The molecule has 2 nitrogen and oxygen atoms in total. The van der Waals surface area contributed by atoms with Gasteiger partial charge in [0.05, 0.1) is 15.7 Å². The van der Waals surface area contributed by atoms with E-state index in [1.807, 2.05) is 19.9 Å². The molecule has 1 aromatic rings. The van der Waals surface area contributed by atoms with Gasteiger partial charge in [-0.1, -0.05) is 28.1 Å². The van der Waals surface area contributed by atoms with E-state index < -0.39 is 15.7 Å². The van der Waals surface area contributed by atoms with Gasteiger partial charge in [0.1, 0.15) is 0 Å². The van der Waals surface area contributed by atoms with Gasteiger partial charge in [-0.25, -0.2) is 4.21 Å². The first-order valence-corrected chi connectivity index (χ1v) is 8.40. The lowest BCUT2D eigenvalue weighted by Crippen LogP contribution is -2.39. The van der Waals surface area contributed by atoms with Crippen molar-refractivity contribution in [3.8, 4) is 0 Å². The number of nitrogens with two attached hydrogens (primary N) is 1. The SMILES string of the molecule is C=C[C@@]1(CC(C)(C)S(N)=O)CCc2cc(Br)ccc21. The van der Waals surface area contributed by atoms with Gasteiger partial charge in [0.15, 0.2) is 0 Å². The standard InChI is InChI=1S/C15H20BrNOS/c1-4-15(10-14(2,3)19(17)18)8-7-11-9-12(16)5-6-13(11)15/h4-6,9H,1,7-8,10,17H2,2-3H3/t15-,19?/m0/s1. The molecular weight excluding hydrogens is 322 g/mol.